The minimum Gasteiger partial charge on any atom is -0.392 e. The summed E-state index contributed by atoms with van der Waals surface area (Å²) in [6, 6.07) is -0.228. The van der Waals surface area contributed by atoms with Gasteiger partial charge in [-0.3, -0.25) is 0 Å². The Labute approximate surface area is 88.1 Å². The molecule has 1 aliphatic heterocycles. The van der Waals surface area contributed by atoms with Crippen molar-refractivity contribution in [1.29, 1.82) is 0 Å². The highest BCUT2D eigenvalue weighted by Gasteiger charge is 2.20. The first-order valence-electron chi connectivity index (χ1n) is 4.80. The molecule has 6 heteroatoms. The van der Waals surface area contributed by atoms with E-state index >= 15 is 0 Å². The predicted molar refractivity (Wildman–Crippen MR) is 54.1 cm³/mol. The maximum Gasteiger partial charge on any atom is 0.161 e. The Morgan fingerprint density at radius 3 is 2.80 bits per heavy atom. The topological polar surface area (TPSA) is 87.5 Å². The third-order valence-corrected chi connectivity index (χ3v) is 2.07. The zero-order valence-corrected chi connectivity index (χ0v) is 8.67. The quantitative estimate of drug-likeness (QED) is 0.331. The first-order valence-corrected chi connectivity index (χ1v) is 4.80. The molecule has 15 heavy (non-hydrogen) atoms. The van der Waals surface area contributed by atoms with Gasteiger partial charge in [0, 0.05) is 11.3 Å². The number of hydrogen-bond acceptors (Lipinski definition) is 4. The number of azide groups is 1. The molecule has 84 valence electrons. The number of rotatable bonds is 4. The molecule has 0 aromatic carbocycles. The van der Waals surface area contributed by atoms with E-state index in [-0.39, 0.29) is 18.9 Å². The SMILES string of the molecule is CC(=CCC1OCC(N=[N+]=[N-])CO1)CO. The van der Waals surface area contributed by atoms with Crippen LogP contribution in [0.15, 0.2) is 16.8 Å². The summed E-state index contributed by atoms with van der Waals surface area (Å²) in [5.41, 5.74) is 9.09. The number of nitrogens with zero attached hydrogens (tertiary/aromatic N) is 3. The summed E-state index contributed by atoms with van der Waals surface area (Å²) in [5, 5.41) is 12.3. The molecular weight excluding hydrogens is 198 g/mol. The smallest absolute Gasteiger partial charge is 0.161 e. The highest BCUT2D eigenvalue weighted by molar-refractivity contribution is 4.98. The second kappa shape index (κ2) is 6.42. The zero-order chi connectivity index (χ0) is 11.1. The number of aliphatic hydroxyl groups is 1. The third kappa shape index (κ3) is 4.31. The molecule has 1 saturated heterocycles. The van der Waals surface area contributed by atoms with Gasteiger partial charge >= 0.3 is 0 Å². The molecule has 1 heterocycles. The molecule has 1 aliphatic rings. The monoisotopic (exact) mass is 213 g/mol. The van der Waals surface area contributed by atoms with Gasteiger partial charge in [-0.25, -0.2) is 0 Å². The highest BCUT2D eigenvalue weighted by atomic mass is 16.7. The fourth-order valence-electron chi connectivity index (χ4n) is 1.17. The van der Waals surface area contributed by atoms with Gasteiger partial charge in [0.15, 0.2) is 6.29 Å². The first kappa shape index (κ1) is 12.0. The molecule has 0 bridgehead atoms. The van der Waals surface area contributed by atoms with E-state index < -0.39 is 0 Å². The fourth-order valence-corrected chi connectivity index (χ4v) is 1.17. The van der Waals surface area contributed by atoms with Crippen molar-refractivity contribution in [3.8, 4) is 0 Å². The van der Waals surface area contributed by atoms with Gasteiger partial charge in [0.25, 0.3) is 0 Å². The van der Waals surface area contributed by atoms with E-state index in [0.717, 1.165) is 5.57 Å². The summed E-state index contributed by atoms with van der Waals surface area (Å²) in [5.74, 6) is 0. The van der Waals surface area contributed by atoms with Crippen molar-refractivity contribution in [2.45, 2.75) is 25.7 Å². The Balaban J connectivity index is 2.28. The lowest BCUT2D eigenvalue weighted by Crippen LogP contribution is -2.34. The molecule has 0 aromatic heterocycles. The second-order valence-electron chi connectivity index (χ2n) is 3.40. The van der Waals surface area contributed by atoms with E-state index in [2.05, 4.69) is 10.0 Å². The summed E-state index contributed by atoms with van der Waals surface area (Å²) in [6.07, 6.45) is 2.19. The van der Waals surface area contributed by atoms with Gasteiger partial charge in [-0.2, -0.15) is 0 Å². The molecule has 1 N–H and O–H groups in total. The Hall–Kier alpha value is -1.07. The van der Waals surface area contributed by atoms with Crippen molar-refractivity contribution >= 4 is 0 Å². The van der Waals surface area contributed by atoms with Crippen LogP contribution in [0, 0.1) is 0 Å². The van der Waals surface area contributed by atoms with Crippen LogP contribution in [0.4, 0.5) is 0 Å². The second-order valence-corrected chi connectivity index (χ2v) is 3.40. The van der Waals surface area contributed by atoms with Gasteiger partial charge in [0.2, 0.25) is 0 Å². The van der Waals surface area contributed by atoms with E-state index in [4.69, 9.17) is 20.1 Å². The summed E-state index contributed by atoms with van der Waals surface area (Å²) in [4.78, 5) is 2.69. The fraction of sp³-hybridized carbons (Fsp3) is 0.778. The average Bonchev–Trinajstić information content (AvgIpc) is 2.28. The molecule has 0 aliphatic carbocycles. The first-order chi connectivity index (χ1) is 7.26. The molecule has 0 aromatic rings. The van der Waals surface area contributed by atoms with E-state index in [1.54, 1.807) is 0 Å². The van der Waals surface area contributed by atoms with Gasteiger partial charge in [-0.15, -0.1) is 0 Å². The number of aliphatic hydroxyl groups excluding tert-OH is 1. The Morgan fingerprint density at radius 1 is 1.60 bits per heavy atom. The summed E-state index contributed by atoms with van der Waals surface area (Å²) in [7, 11) is 0. The molecule has 0 radical (unpaired) electrons. The van der Waals surface area contributed by atoms with Crippen LogP contribution in [0.25, 0.3) is 10.4 Å². The maximum absolute atomic E-state index is 8.77. The molecular formula is C9H15N3O3. The van der Waals surface area contributed by atoms with Gasteiger partial charge in [-0.1, -0.05) is 16.8 Å². The van der Waals surface area contributed by atoms with Gasteiger partial charge in [-0.05, 0) is 12.5 Å². The standard InChI is InChI=1S/C9H15N3O3/c1-7(4-13)2-3-9-14-5-8(6-15-9)11-12-10/h2,8-9,13H,3-6H2,1H3. The van der Waals surface area contributed by atoms with Crippen LogP contribution in [-0.2, 0) is 9.47 Å². The van der Waals surface area contributed by atoms with Gasteiger partial charge < -0.3 is 14.6 Å². The van der Waals surface area contributed by atoms with E-state index in [1.807, 2.05) is 13.0 Å². The van der Waals surface area contributed by atoms with Crippen molar-refractivity contribution in [3.05, 3.63) is 22.1 Å². The molecule has 1 rings (SSSR count). The summed E-state index contributed by atoms with van der Waals surface area (Å²) >= 11 is 0. The van der Waals surface area contributed by atoms with Crippen LogP contribution in [0.3, 0.4) is 0 Å². The van der Waals surface area contributed by atoms with Crippen molar-refractivity contribution in [1.82, 2.24) is 0 Å². The lowest BCUT2D eigenvalue weighted by Gasteiger charge is -2.26. The van der Waals surface area contributed by atoms with Gasteiger partial charge in [0.1, 0.15) is 0 Å². The van der Waals surface area contributed by atoms with E-state index in [9.17, 15) is 0 Å². The van der Waals surface area contributed by atoms with E-state index in [0.29, 0.717) is 19.6 Å². The minimum absolute atomic E-state index is 0.0497. The van der Waals surface area contributed by atoms with Crippen LogP contribution < -0.4 is 0 Å². The van der Waals surface area contributed by atoms with Crippen molar-refractivity contribution in [3.63, 3.8) is 0 Å². The minimum atomic E-state index is -0.295. The number of hydrogen-bond donors (Lipinski definition) is 1. The third-order valence-electron chi connectivity index (χ3n) is 2.07. The van der Waals surface area contributed by atoms with Gasteiger partial charge in [0.05, 0.1) is 25.9 Å². The van der Waals surface area contributed by atoms with Crippen LogP contribution in [0.2, 0.25) is 0 Å². The zero-order valence-electron chi connectivity index (χ0n) is 8.67. The average molecular weight is 213 g/mol. The summed E-state index contributed by atoms with van der Waals surface area (Å²) < 4.78 is 10.6. The Morgan fingerprint density at radius 2 is 2.27 bits per heavy atom. The molecule has 6 nitrogen and oxygen atoms in total. The Bertz CT molecular complexity index is 266. The number of ether oxygens (including phenoxy) is 2. The molecule has 1 fully saturated rings. The van der Waals surface area contributed by atoms with Crippen LogP contribution in [0.5, 0.6) is 0 Å². The predicted octanol–water partition coefficient (Wildman–Crippen LogP) is 1.37. The lowest BCUT2D eigenvalue weighted by atomic mass is 10.2. The molecule has 0 saturated carbocycles. The molecule has 0 unspecified atom stereocenters. The van der Waals surface area contributed by atoms with Crippen molar-refractivity contribution in [2.75, 3.05) is 19.8 Å². The van der Waals surface area contributed by atoms with Crippen LogP contribution in [-0.4, -0.2) is 37.3 Å². The maximum atomic E-state index is 8.77. The van der Waals surface area contributed by atoms with Crippen molar-refractivity contribution < 1.29 is 14.6 Å². The largest absolute Gasteiger partial charge is 0.392 e. The van der Waals surface area contributed by atoms with E-state index in [1.165, 1.54) is 0 Å². The lowest BCUT2D eigenvalue weighted by molar-refractivity contribution is -0.182. The van der Waals surface area contributed by atoms with Crippen LogP contribution >= 0.6 is 0 Å². The normalized spacial score (nSPS) is 27.2. The molecule has 0 spiro atoms. The highest BCUT2D eigenvalue weighted by Crippen LogP contribution is 2.12. The summed E-state index contributed by atoms with van der Waals surface area (Å²) in [6.45, 7) is 2.67. The van der Waals surface area contributed by atoms with Crippen LogP contribution in [0.1, 0.15) is 13.3 Å². The molecule has 0 amide bonds. The Kier molecular flexibility index (Phi) is 5.14. The van der Waals surface area contributed by atoms with Crippen molar-refractivity contribution in [2.24, 2.45) is 5.11 Å². The molecule has 0 atom stereocenters.